The molecule has 0 spiro atoms. The minimum atomic E-state index is -0.810. The Morgan fingerprint density at radius 3 is 2.60 bits per heavy atom. The van der Waals surface area contributed by atoms with E-state index in [0.29, 0.717) is 0 Å². The van der Waals surface area contributed by atoms with Gasteiger partial charge in [0.25, 0.3) is 11.6 Å². The number of nitrogens with one attached hydrogen (secondary N) is 1. The van der Waals surface area contributed by atoms with Crippen molar-refractivity contribution in [2.24, 2.45) is 0 Å². The van der Waals surface area contributed by atoms with Crippen molar-refractivity contribution in [3.63, 3.8) is 0 Å². The maximum Gasteiger partial charge on any atom is 0.273 e. The Balaban J connectivity index is 2.22. The predicted octanol–water partition coefficient (Wildman–Crippen LogP) is 3.02. The summed E-state index contributed by atoms with van der Waals surface area (Å²) in [6, 6.07) is 2.83. The smallest absolute Gasteiger partial charge is 0.273 e. The SMILES string of the molecule is O=C(NC1(CCl)CCCC1)c1cc(F)cc([N+](=O)[O-])c1. The van der Waals surface area contributed by atoms with Crippen molar-refractivity contribution in [2.45, 2.75) is 31.2 Å². The molecule has 108 valence electrons. The number of nitrogens with zero attached hydrogens (tertiary/aromatic N) is 1. The van der Waals surface area contributed by atoms with Crippen LogP contribution in [0.5, 0.6) is 0 Å². The fourth-order valence-electron chi connectivity index (χ4n) is 2.47. The Bertz CT molecular complexity index is 544. The third-order valence-electron chi connectivity index (χ3n) is 3.55. The van der Waals surface area contributed by atoms with Gasteiger partial charge in [0.1, 0.15) is 5.82 Å². The molecule has 1 fully saturated rings. The number of benzene rings is 1. The van der Waals surface area contributed by atoms with Crippen molar-refractivity contribution in [3.8, 4) is 0 Å². The van der Waals surface area contributed by atoms with Crippen molar-refractivity contribution in [1.82, 2.24) is 5.32 Å². The van der Waals surface area contributed by atoms with Crippen LogP contribution < -0.4 is 5.32 Å². The molecule has 5 nitrogen and oxygen atoms in total. The van der Waals surface area contributed by atoms with Crippen LogP contribution >= 0.6 is 11.6 Å². The molecule has 1 saturated carbocycles. The van der Waals surface area contributed by atoms with Gasteiger partial charge in [0.05, 0.1) is 16.5 Å². The van der Waals surface area contributed by atoms with Gasteiger partial charge in [0.2, 0.25) is 0 Å². The van der Waals surface area contributed by atoms with Gasteiger partial charge in [-0.2, -0.15) is 0 Å². The molecular formula is C13H14ClFN2O3. The topological polar surface area (TPSA) is 72.2 Å². The van der Waals surface area contributed by atoms with Gasteiger partial charge in [-0.05, 0) is 18.9 Å². The zero-order valence-corrected chi connectivity index (χ0v) is 11.5. The summed E-state index contributed by atoms with van der Waals surface area (Å²) in [6.07, 6.45) is 3.46. The number of hydrogen-bond donors (Lipinski definition) is 1. The zero-order chi connectivity index (χ0) is 14.8. The van der Waals surface area contributed by atoms with Crippen LogP contribution in [0, 0.1) is 15.9 Å². The average molecular weight is 301 g/mol. The van der Waals surface area contributed by atoms with Crippen molar-refractivity contribution in [3.05, 3.63) is 39.7 Å². The highest BCUT2D eigenvalue weighted by atomic mass is 35.5. The summed E-state index contributed by atoms with van der Waals surface area (Å²) in [5.74, 6) is -1.07. The lowest BCUT2D eigenvalue weighted by atomic mass is 9.99. The van der Waals surface area contributed by atoms with E-state index >= 15 is 0 Å². The maximum absolute atomic E-state index is 13.3. The summed E-state index contributed by atoms with van der Waals surface area (Å²) in [4.78, 5) is 22.1. The first-order valence-corrected chi connectivity index (χ1v) is 6.83. The molecule has 0 heterocycles. The van der Waals surface area contributed by atoms with E-state index < -0.39 is 27.9 Å². The van der Waals surface area contributed by atoms with E-state index in [1.54, 1.807) is 0 Å². The summed E-state index contributed by atoms with van der Waals surface area (Å²) >= 11 is 5.91. The van der Waals surface area contributed by atoms with E-state index in [-0.39, 0.29) is 11.4 Å². The van der Waals surface area contributed by atoms with Gasteiger partial charge in [-0.15, -0.1) is 11.6 Å². The van der Waals surface area contributed by atoms with Crippen LogP contribution in [0.2, 0.25) is 0 Å². The predicted molar refractivity (Wildman–Crippen MR) is 72.4 cm³/mol. The number of hydrogen-bond acceptors (Lipinski definition) is 3. The molecule has 0 bridgehead atoms. The van der Waals surface area contributed by atoms with Crippen molar-refractivity contribution < 1.29 is 14.1 Å². The minimum absolute atomic E-state index is 0.0620. The molecule has 0 atom stereocenters. The normalized spacial score (nSPS) is 16.9. The molecular weight excluding hydrogens is 287 g/mol. The number of nitro groups is 1. The molecule has 1 amide bonds. The number of amides is 1. The third-order valence-corrected chi connectivity index (χ3v) is 4.06. The molecule has 0 unspecified atom stereocenters. The molecule has 7 heteroatoms. The standard InChI is InChI=1S/C13H14ClFN2O3/c14-8-13(3-1-2-4-13)16-12(18)9-5-10(15)7-11(6-9)17(19)20/h5-7H,1-4,8H2,(H,16,18). The van der Waals surface area contributed by atoms with Crippen LogP contribution in [-0.2, 0) is 0 Å². The first kappa shape index (κ1) is 14.7. The van der Waals surface area contributed by atoms with Gasteiger partial charge < -0.3 is 5.32 Å². The highest BCUT2D eigenvalue weighted by Gasteiger charge is 2.34. The van der Waals surface area contributed by atoms with Gasteiger partial charge in [-0.25, -0.2) is 4.39 Å². The molecule has 2 rings (SSSR count). The Morgan fingerprint density at radius 2 is 2.05 bits per heavy atom. The highest BCUT2D eigenvalue weighted by molar-refractivity contribution is 6.19. The molecule has 0 radical (unpaired) electrons. The van der Waals surface area contributed by atoms with Gasteiger partial charge in [-0.3, -0.25) is 14.9 Å². The van der Waals surface area contributed by atoms with E-state index in [0.717, 1.165) is 43.9 Å². The number of carbonyl (C=O) groups excluding carboxylic acids is 1. The highest BCUT2D eigenvalue weighted by Crippen LogP contribution is 2.31. The molecule has 0 aromatic heterocycles. The lowest BCUT2D eigenvalue weighted by Gasteiger charge is -2.27. The molecule has 1 aromatic rings. The fourth-order valence-corrected chi connectivity index (χ4v) is 2.80. The second kappa shape index (κ2) is 5.75. The second-order valence-electron chi connectivity index (χ2n) is 5.03. The minimum Gasteiger partial charge on any atom is -0.345 e. The van der Waals surface area contributed by atoms with E-state index in [9.17, 15) is 19.3 Å². The van der Waals surface area contributed by atoms with E-state index in [1.807, 2.05) is 0 Å². The first-order chi connectivity index (χ1) is 9.46. The van der Waals surface area contributed by atoms with Crippen LogP contribution in [0.1, 0.15) is 36.0 Å². The number of halogens is 2. The van der Waals surface area contributed by atoms with E-state index in [4.69, 9.17) is 11.6 Å². The van der Waals surface area contributed by atoms with Gasteiger partial charge in [-0.1, -0.05) is 12.8 Å². The van der Waals surface area contributed by atoms with Crippen LogP contribution in [0.3, 0.4) is 0 Å². The quantitative estimate of drug-likeness (QED) is 0.528. The maximum atomic E-state index is 13.3. The number of non-ortho nitro benzene ring substituents is 1. The number of alkyl halides is 1. The summed E-state index contributed by atoms with van der Waals surface area (Å²) < 4.78 is 13.3. The van der Waals surface area contributed by atoms with Crippen molar-refractivity contribution in [2.75, 3.05) is 5.88 Å². The summed E-state index contributed by atoms with van der Waals surface area (Å²) in [7, 11) is 0. The Morgan fingerprint density at radius 1 is 1.40 bits per heavy atom. The van der Waals surface area contributed by atoms with Crippen molar-refractivity contribution in [1.29, 1.82) is 0 Å². The molecule has 1 aliphatic rings. The zero-order valence-electron chi connectivity index (χ0n) is 10.7. The van der Waals surface area contributed by atoms with Crippen molar-refractivity contribution >= 4 is 23.2 Å². The third kappa shape index (κ3) is 3.07. The monoisotopic (exact) mass is 300 g/mol. The summed E-state index contributed by atoms with van der Waals surface area (Å²) in [5, 5.41) is 13.5. The number of carbonyl (C=O) groups is 1. The first-order valence-electron chi connectivity index (χ1n) is 6.29. The van der Waals surface area contributed by atoms with Crippen LogP contribution in [-0.4, -0.2) is 22.2 Å². The second-order valence-corrected chi connectivity index (χ2v) is 5.30. The number of rotatable bonds is 4. The van der Waals surface area contributed by atoms with Crippen LogP contribution in [0.4, 0.5) is 10.1 Å². The van der Waals surface area contributed by atoms with Crippen LogP contribution in [0.15, 0.2) is 18.2 Å². The summed E-state index contributed by atoms with van der Waals surface area (Å²) in [5.41, 5.74) is -0.991. The lowest BCUT2D eigenvalue weighted by Crippen LogP contribution is -2.47. The fraction of sp³-hybridized carbons (Fsp3) is 0.462. The summed E-state index contributed by atoms with van der Waals surface area (Å²) in [6.45, 7) is 0. The molecule has 1 aromatic carbocycles. The average Bonchev–Trinajstić information content (AvgIpc) is 2.87. The lowest BCUT2D eigenvalue weighted by molar-refractivity contribution is -0.385. The Kier molecular flexibility index (Phi) is 4.23. The Labute approximate surface area is 120 Å². The van der Waals surface area contributed by atoms with Gasteiger partial charge in [0, 0.05) is 17.5 Å². The van der Waals surface area contributed by atoms with E-state index in [2.05, 4.69) is 5.32 Å². The molecule has 1 aliphatic carbocycles. The van der Waals surface area contributed by atoms with Gasteiger partial charge >= 0.3 is 0 Å². The number of nitro benzene ring substituents is 1. The van der Waals surface area contributed by atoms with E-state index in [1.165, 1.54) is 0 Å². The van der Waals surface area contributed by atoms with Crippen LogP contribution in [0.25, 0.3) is 0 Å². The molecule has 0 saturated heterocycles. The Hall–Kier alpha value is -1.69. The molecule has 0 aliphatic heterocycles. The van der Waals surface area contributed by atoms with Gasteiger partial charge in [0.15, 0.2) is 0 Å². The largest absolute Gasteiger partial charge is 0.345 e. The molecule has 20 heavy (non-hydrogen) atoms. The molecule has 1 N–H and O–H groups in total.